The van der Waals surface area contributed by atoms with Crippen LogP contribution in [0.3, 0.4) is 0 Å². The monoisotopic (exact) mass is 184 g/mol. The van der Waals surface area contributed by atoms with E-state index in [-0.39, 0.29) is 17.9 Å². The highest BCUT2D eigenvalue weighted by atomic mass is 16.8. The molecule has 0 saturated carbocycles. The maximum absolute atomic E-state index is 11.4. The molecule has 1 atom stereocenters. The van der Waals surface area contributed by atoms with Crippen LogP contribution < -0.4 is 0 Å². The Morgan fingerprint density at radius 1 is 1.62 bits per heavy atom. The van der Waals surface area contributed by atoms with Crippen molar-refractivity contribution in [3.05, 3.63) is 11.6 Å². The molecule has 0 aromatic rings. The van der Waals surface area contributed by atoms with E-state index < -0.39 is 0 Å². The zero-order valence-corrected chi connectivity index (χ0v) is 8.59. The number of rotatable bonds is 3. The van der Waals surface area contributed by atoms with Gasteiger partial charge in [0.05, 0.1) is 0 Å². The first kappa shape index (κ1) is 10.3. The summed E-state index contributed by atoms with van der Waals surface area (Å²) < 4.78 is 10.2. The summed E-state index contributed by atoms with van der Waals surface area (Å²) >= 11 is 0. The van der Waals surface area contributed by atoms with Gasteiger partial charge in [-0.05, 0) is 27.2 Å². The minimum Gasteiger partial charge on any atom is -0.429 e. The molecule has 3 nitrogen and oxygen atoms in total. The van der Waals surface area contributed by atoms with E-state index in [2.05, 4.69) is 0 Å². The SMILES string of the molecule is CC=C(CC)C(=O)OC1OC1(C)C. The lowest BCUT2D eigenvalue weighted by Gasteiger charge is -2.03. The molecule has 3 heteroatoms. The number of carbonyl (C=O) groups excluding carboxylic acids is 1. The van der Waals surface area contributed by atoms with E-state index in [1.54, 1.807) is 6.08 Å². The Morgan fingerprint density at radius 2 is 2.15 bits per heavy atom. The second-order valence-electron chi connectivity index (χ2n) is 3.63. The van der Waals surface area contributed by atoms with Crippen LogP contribution in [0, 0.1) is 0 Å². The molecule has 1 fully saturated rings. The molecule has 0 bridgehead atoms. The Balaban J connectivity index is 2.43. The van der Waals surface area contributed by atoms with E-state index in [0.717, 1.165) is 0 Å². The fourth-order valence-electron chi connectivity index (χ4n) is 1.05. The Bertz CT molecular complexity index is 241. The number of epoxide rings is 1. The van der Waals surface area contributed by atoms with E-state index >= 15 is 0 Å². The second-order valence-corrected chi connectivity index (χ2v) is 3.63. The van der Waals surface area contributed by atoms with Gasteiger partial charge in [-0.1, -0.05) is 13.0 Å². The Labute approximate surface area is 78.7 Å². The highest BCUT2D eigenvalue weighted by Gasteiger charge is 2.51. The molecule has 1 unspecified atom stereocenters. The molecule has 1 heterocycles. The van der Waals surface area contributed by atoms with Crippen LogP contribution in [0.2, 0.25) is 0 Å². The normalized spacial score (nSPS) is 25.5. The number of allylic oxidation sites excluding steroid dienone is 1. The average molecular weight is 184 g/mol. The fraction of sp³-hybridized carbons (Fsp3) is 0.700. The molecule has 0 radical (unpaired) electrons. The van der Waals surface area contributed by atoms with Crippen LogP contribution in [0.25, 0.3) is 0 Å². The highest BCUT2D eigenvalue weighted by molar-refractivity contribution is 5.88. The standard InChI is InChI=1S/C10H16O3/c1-5-7(6-2)8(11)12-9-10(3,4)13-9/h5,9H,6H2,1-4H3. The van der Waals surface area contributed by atoms with Gasteiger partial charge in [0.15, 0.2) is 0 Å². The topological polar surface area (TPSA) is 38.8 Å². The van der Waals surface area contributed by atoms with Crippen LogP contribution in [0.4, 0.5) is 0 Å². The maximum atomic E-state index is 11.4. The number of hydrogen-bond donors (Lipinski definition) is 0. The van der Waals surface area contributed by atoms with Gasteiger partial charge in [0, 0.05) is 5.57 Å². The van der Waals surface area contributed by atoms with Crippen molar-refractivity contribution in [3.8, 4) is 0 Å². The molecule has 0 amide bonds. The molecule has 1 saturated heterocycles. The largest absolute Gasteiger partial charge is 0.429 e. The van der Waals surface area contributed by atoms with Gasteiger partial charge in [0.2, 0.25) is 6.29 Å². The Kier molecular flexibility index (Phi) is 2.76. The van der Waals surface area contributed by atoms with E-state index in [1.807, 2.05) is 27.7 Å². The third-order valence-corrected chi connectivity index (χ3v) is 2.13. The fourth-order valence-corrected chi connectivity index (χ4v) is 1.05. The summed E-state index contributed by atoms with van der Waals surface area (Å²) in [4.78, 5) is 11.4. The molecular weight excluding hydrogens is 168 g/mol. The van der Waals surface area contributed by atoms with Crippen molar-refractivity contribution in [2.75, 3.05) is 0 Å². The average Bonchev–Trinajstić information content (AvgIpc) is 2.61. The van der Waals surface area contributed by atoms with Gasteiger partial charge < -0.3 is 9.47 Å². The van der Waals surface area contributed by atoms with Crippen molar-refractivity contribution < 1.29 is 14.3 Å². The van der Waals surface area contributed by atoms with Crippen LogP contribution in [0.1, 0.15) is 34.1 Å². The van der Waals surface area contributed by atoms with Gasteiger partial charge in [-0.15, -0.1) is 0 Å². The van der Waals surface area contributed by atoms with Crippen molar-refractivity contribution in [1.82, 2.24) is 0 Å². The van der Waals surface area contributed by atoms with Gasteiger partial charge in [0.25, 0.3) is 0 Å². The summed E-state index contributed by atoms with van der Waals surface area (Å²) in [5.41, 5.74) is 0.411. The number of carbonyl (C=O) groups is 1. The Hall–Kier alpha value is -0.830. The van der Waals surface area contributed by atoms with Gasteiger partial charge in [-0.3, -0.25) is 0 Å². The first-order valence-corrected chi connectivity index (χ1v) is 4.55. The summed E-state index contributed by atoms with van der Waals surface area (Å²) in [6, 6.07) is 0. The lowest BCUT2D eigenvalue weighted by atomic mass is 10.2. The van der Waals surface area contributed by atoms with Crippen molar-refractivity contribution in [2.45, 2.75) is 46.0 Å². The lowest BCUT2D eigenvalue weighted by molar-refractivity contribution is -0.144. The first-order valence-electron chi connectivity index (χ1n) is 4.55. The van der Waals surface area contributed by atoms with Crippen molar-refractivity contribution in [2.24, 2.45) is 0 Å². The van der Waals surface area contributed by atoms with Crippen LogP contribution in [0.15, 0.2) is 11.6 Å². The first-order chi connectivity index (χ1) is 6.01. The third-order valence-electron chi connectivity index (χ3n) is 2.13. The van der Waals surface area contributed by atoms with Crippen LogP contribution >= 0.6 is 0 Å². The molecule has 1 aliphatic rings. The molecule has 0 aromatic carbocycles. The number of ether oxygens (including phenoxy) is 2. The lowest BCUT2D eigenvalue weighted by Crippen LogP contribution is -2.14. The van der Waals surface area contributed by atoms with Crippen molar-refractivity contribution >= 4 is 5.97 Å². The maximum Gasteiger partial charge on any atom is 0.336 e. The summed E-state index contributed by atoms with van der Waals surface area (Å²) in [6.07, 6.45) is 2.11. The summed E-state index contributed by atoms with van der Waals surface area (Å²) in [5.74, 6) is -0.263. The molecular formula is C10H16O3. The minimum atomic E-state index is -0.360. The molecule has 13 heavy (non-hydrogen) atoms. The van der Waals surface area contributed by atoms with E-state index in [4.69, 9.17) is 9.47 Å². The Morgan fingerprint density at radius 3 is 2.46 bits per heavy atom. The van der Waals surface area contributed by atoms with Crippen molar-refractivity contribution in [3.63, 3.8) is 0 Å². The summed E-state index contributed by atoms with van der Waals surface area (Å²) in [6.45, 7) is 7.55. The molecule has 0 aliphatic carbocycles. The predicted octanol–water partition coefficient (Wildman–Crippen LogP) is 2.02. The number of hydrogen-bond acceptors (Lipinski definition) is 3. The molecule has 0 spiro atoms. The van der Waals surface area contributed by atoms with E-state index in [0.29, 0.717) is 12.0 Å². The smallest absolute Gasteiger partial charge is 0.336 e. The van der Waals surface area contributed by atoms with Gasteiger partial charge >= 0.3 is 5.97 Å². The van der Waals surface area contributed by atoms with Gasteiger partial charge in [0.1, 0.15) is 5.60 Å². The number of esters is 1. The van der Waals surface area contributed by atoms with Crippen LogP contribution in [-0.2, 0) is 14.3 Å². The van der Waals surface area contributed by atoms with Gasteiger partial charge in [-0.2, -0.15) is 0 Å². The molecule has 0 N–H and O–H groups in total. The molecule has 74 valence electrons. The highest BCUT2D eigenvalue weighted by Crippen LogP contribution is 2.36. The van der Waals surface area contributed by atoms with Crippen LogP contribution in [0.5, 0.6) is 0 Å². The summed E-state index contributed by atoms with van der Waals surface area (Å²) in [7, 11) is 0. The van der Waals surface area contributed by atoms with E-state index in [1.165, 1.54) is 0 Å². The predicted molar refractivity (Wildman–Crippen MR) is 49.1 cm³/mol. The summed E-state index contributed by atoms with van der Waals surface area (Å²) in [5, 5.41) is 0. The van der Waals surface area contributed by atoms with E-state index in [9.17, 15) is 4.79 Å². The zero-order chi connectivity index (χ0) is 10.1. The molecule has 1 aliphatic heterocycles. The van der Waals surface area contributed by atoms with Crippen molar-refractivity contribution in [1.29, 1.82) is 0 Å². The minimum absolute atomic E-state index is 0.263. The molecule has 0 aromatic heterocycles. The van der Waals surface area contributed by atoms with Crippen LogP contribution in [-0.4, -0.2) is 17.9 Å². The second kappa shape index (κ2) is 3.50. The quantitative estimate of drug-likeness (QED) is 0.382. The van der Waals surface area contributed by atoms with Gasteiger partial charge in [-0.25, -0.2) is 4.79 Å². The third kappa shape index (κ3) is 2.31. The zero-order valence-electron chi connectivity index (χ0n) is 8.59. The molecule has 1 rings (SSSR count).